The van der Waals surface area contributed by atoms with Gasteiger partial charge in [-0.1, -0.05) is 35.8 Å². The Kier molecular flexibility index (Phi) is 6.65. The molecule has 0 saturated heterocycles. The summed E-state index contributed by atoms with van der Waals surface area (Å²) in [5.74, 6) is -0.0243. The lowest BCUT2D eigenvalue weighted by Gasteiger charge is -2.28. The Morgan fingerprint density at radius 3 is 2.65 bits per heavy atom. The molecule has 0 fully saturated rings. The largest absolute Gasteiger partial charge is 0.325 e. The van der Waals surface area contributed by atoms with Gasteiger partial charge in [-0.25, -0.2) is 0 Å². The van der Waals surface area contributed by atoms with E-state index in [-0.39, 0.29) is 11.3 Å². The number of rotatable bonds is 7. The van der Waals surface area contributed by atoms with Crippen molar-refractivity contribution in [1.82, 2.24) is 10.2 Å². The summed E-state index contributed by atoms with van der Waals surface area (Å²) in [6.07, 6.45) is 0. The van der Waals surface area contributed by atoms with Crippen LogP contribution in [0.5, 0.6) is 0 Å². The molecule has 0 heterocycles. The Morgan fingerprint density at radius 1 is 1.35 bits per heavy atom. The standard InChI is InChI=1S/C15H24BrN3O/c1-15(2,11-19(3)4)10-17-9-14(20)18-13-7-5-6-12(16)8-13/h5-8,17H,9-11H2,1-4H3,(H,18,20). The number of nitrogens with one attached hydrogen (secondary N) is 2. The highest BCUT2D eigenvalue weighted by molar-refractivity contribution is 9.10. The van der Waals surface area contributed by atoms with E-state index in [0.29, 0.717) is 6.54 Å². The zero-order chi connectivity index (χ0) is 15.2. The zero-order valence-corrected chi connectivity index (χ0v) is 14.3. The minimum Gasteiger partial charge on any atom is -0.325 e. The van der Waals surface area contributed by atoms with Crippen LogP contribution in [-0.4, -0.2) is 44.5 Å². The number of halogens is 1. The van der Waals surface area contributed by atoms with Gasteiger partial charge in [-0.05, 0) is 37.7 Å². The molecule has 112 valence electrons. The summed E-state index contributed by atoms with van der Waals surface area (Å²) in [7, 11) is 4.11. The second kappa shape index (κ2) is 7.76. The van der Waals surface area contributed by atoms with E-state index in [1.807, 2.05) is 24.3 Å². The lowest BCUT2D eigenvalue weighted by molar-refractivity contribution is -0.115. The van der Waals surface area contributed by atoms with Gasteiger partial charge in [0.1, 0.15) is 0 Å². The van der Waals surface area contributed by atoms with Crippen LogP contribution in [0.3, 0.4) is 0 Å². The second-order valence-corrected chi connectivity index (χ2v) is 6.98. The number of carbonyl (C=O) groups is 1. The highest BCUT2D eigenvalue weighted by Crippen LogP contribution is 2.16. The highest BCUT2D eigenvalue weighted by atomic mass is 79.9. The number of amides is 1. The van der Waals surface area contributed by atoms with Gasteiger partial charge in [0.15, 0.2) is 0 Å². The van der Waals surface area contributed by atoms with Crippen molar-refractivity contribution in [1.29, 1.82) is 0 Å². The summed E-state index contributed by atoms with van der Waals surface area (Å²) < 4.78 is 0.954. The van der Waals surface area contributed by atoms with Crippen molar-refractivity contribution in [2.45, 2.75) is 13.8 Å². The van der Waals surface area contributed by atoms with Gasteiger partial charge in [0, 0.05) is 23.2 Å². The van der Waals surface area contributed by atoms with Crippen LogP contribution in [-0.2, 0) is 4.79 Å². The summed E-state index contributed by atoms with van der Waals surface area (Å²) in [5.41, 5.74) is 0.943. The summed E-state index contributed by atoms with van der Waals surface area (Å²) in [6, 6.07) is 7.58. The van der Waals surface area contributed by atoms with Crippen molar-refractivity contribution >= 4 is 27.5 Å². The van der Waals surface area contributed by atoms with Crippen molar-refractivity contribution in [3.8, 4) is 0 Å². The fourth-order valence-corrected chi connectivity index (χ4v) is 2.60. The molecule has 2 N–H and O–H groups in total. The molecule has 0 saturated carbocycles. The van der Waals surface area contributed by atoms with Gasteiger partial charge in [-0.3, -0.25) is 4.79 Å². The second-order valence-electron chi connectivity index (χ2n) is 6.06. The number of nitrogens with zero attached hydrogens (tertiary/aromatic N) is 1. The molecular weight excluding hydrogens is 318 g/mol. The van der Waals surface area contributed by atoms with E-state index in [9.17, 15) is 4.79 Å². The maximum Gasteiger partial charge on any atom is 0.238 e. The number of hydrogen-bond donors (Lipinski definition) is 2. The van der Waals surface area contributed by atoms with Crippen LogP contribution in [0.2, 0.25) is 0 Å². The summed E-state index contributed by atoms with van der Waals surface area (Å²) in [6.45, 7) is 6.48. The predicted molar refractivity (Wildman–Crippen MR) is 88.0 cm³/mol. The van der Waals surface area contributed by atoms with E-state index in [1.54, 1.807) is 0 Å². The minimum absolute atomic E-state index is 0.0243. The van der Waals surface area contributed by atoms with Crippen molar-refractivity contribution in [3.63, 3.8) is 0 Å². The lowest BCUT2D eigenvalue weighted by atomic mass is 9.93. The van der Waals surface area contributed by atoms with Gasteiger partial charge in [0.2, 0.25) is 5.91 Å². The van der Waals surface area contributed by atoms with Crippen molar-refractivity contribution < 1.29 is 4.79 Å². The van der Waals surface area contributed by atoms with Crippen LogP contribution >= 0.6 is 15.9 Å². The predicted octanol–water partition coefficient (Wildman–Crippen LogP) is 2.57. The lowest BCUT2D eigenvalue weighted by Crippen LogP contribution is -2.40. The first-order valence-electron chi connectivity index (χ1n) is 6.69. The van der Waals surface area contributed by atoms with Crippen LogP contribution < -0.4 is 10.6 Å². The van der Waals surface area contributed by atoms with E-state index in [2.05, 4.69) is 59.4 Å². The van der Waals surface area contributed by atoms with Gasteiger partial charge < -0.3 is 15.5 Å². The Labute approximate surface area is 130 Å². The van der Waals surface area contributed by atoms with E-state index in [0.717, 1.165) is 23.2 Å². The Morgan fingerprint density at radius 2 is 2.05 bits per heavy atom. The average molecular weight is 342 g/mol. The fraction of sp³-hybridized carbons (Fsp3) is 0.533. The molecule has 5 heteroatoms. The molecule has 0 aliphatic rings. The summed E-state index contributed by atoms with van der Waals surface area (Å²) in [4.78, 5) is 14.0. The molecule has 1 amide bonds. The van der Waals surface area contributed by atoms with Crippen LogP contribution in [0.1, 0.15) is 13.8 Å². The van der Waals surface area contributed by atoms with E-state index < -0.39 is 0 Å². The highest BCUT2D eigenvalue weighted by Gasteiger charge is 2.18. The van der Waals surface area contributed by atoms with Crippen LogP contribution in [0.25, 0.3) is 0 Å². The van der Waals surface area contributed by atoms with Crippen molar-refractivity contribution in [2.24, 2.45) is 5.41 Å². The molecule has 0 aliphatic heterocycles. The maximum atomic E-state index is 11.8. The topological polar surface area (TPSA) is 44.4 Å². The number of anilines is 1. The van der Waals surface area contributed by atoms with Crippen LogP contribution in [0.4, 0.5) is 5.69 Å². The molecule has 0 bridgehead atoms. The smallest absolute Gasteiger partial charge is 0.238 e. The third-order valence-electron chi connectivity index (χ3n) is 2.74. The number of benzene rings is 1. The molecule has 1 rings (SSSR count). The van der Waals surface area contributed by atoms with Gasteiger partial charge in [-0.2, -0.15) is 0 Å². The Bertz CT molecular complexity index is 446. The molecule has 20 heavy (non-hydrogen) atoms. The first-order valence-corrected chi connectivity index (χ1v) is 7.49. The number of hydrogen-bond acceptors (Lipinski definition) is 3. The molecule has 0 atom stereocenters. The molecule has 0 unspecified atom stereocenters. The van der Waals surface area contributed by atoms with Crippen molar-refractivity contribution in [3.05, 3.63) is 28.7 Å². The van der Waals surface area contributed by atoms with Gasteiger partial charge in [0.05, 0.1) is 6.54 Å². The van der Waals surface area contributed by atoms with Crippen LogP contribution in [0.15, 0.2) is 28.7 Å². The maximum absolute atomic E-state index is 11.8. The quantitative estimate of drug-likeness (QED) is 0.801. The Hall–Kier alpha value is -0.910. The molecule has 4 nitrogen and oxygen atoms in total. The van der Waals surface area contributed by atoms with Gasteiger partial charge in [-0.15, -0.1) is 0 Å². The molecular formula is C15H24BrN3O. The van der Waals surface area contributed by atoms with E-state index >= 15 is 0 Å². The normalized spacial score (nSPS) is 11.7. The Balaban J connectivity index is 2.33. The molecule has 0 spiro atoms. The molecule has 1 aromatic rings. The summed E-state index contributed by atoms with van der Waals surface area (Å²) in [5, 5.41) is 6.08. The van der Waals surface area contributed by atoms with Crippen molar-refractivity contribution in [2.75, 3.05) is 39.0 Å². The van der Waals surface area contributed by atoms with E-state index in [4.69, 9.17) is 0 Å². The molecule has 1 aromatic carbocycles. The first kappa shape index (κ1) is 17.1. The first-order chi connectivity index (χ1) is 9.28. The minimum atomic E-state index is -0.0243. The monoisotopic (exact) mass is 341 g/mol. The fourth-order valence-electron chi connectivity index (χ4n) is 2.20. The third kappa shape index (κ3) is 7.03. The SMILES string of the molecule is CN(C)CC(C)(C)CNCC(=O)Nc1cccc(Br)c1. The summed E-state index contributed by atoms with van der Waals surface area (Å²) >= 11 is 3.38. The van der Waals surface area contributed by atoms with Crippen LogP contribution in [0, 0.1) is 5.41 Å². The van der Waals surface area contributed by atoms with E-state index in [1.165, 1.54) is 0 Å². The van der Waals surface area contributed by atoms with Gasteiger partial charge in [0.25, 0.3) is 0 Å². The van der Waals surface area contributed by atoms with Gasteiger partial charge >= 0.3 is 0 Å². The number of carbonyl (C=O) groups excluding carboxylic acids is 1. The average Bonchev–Trinajstić information content (AvgIpc) is 2.26. The molecule has 0 aromatic heterocycles. The molecule has 0 radical (unpaired) electrons. The molecule has 0 aliphatic carbocycles. The zero-order valence-electron chi connectivity index (χ0n) is 12.7. The third-order valence-corrected chi connectivity index (χ3v) is 3.23.